The number of amides is 1. The number of anilines is 1. The maximum Gasteiger partial charge on any atom is 0.395 e. The van der Waals surface area contributed by atoms with Crippen molar-refractivity contribution in [3.8, 4) is 6.07 Å². The van der Waals surface area contributed by atoms with Crippen molar-refractivity contribution >= 4 is 11.7 Å². The van der Waals surface area contributed by atoms with Crippen molar-refractivity contribution in [3.63, 3.8) is 0 Å². The largest absolute Gasteiger partial charge is 0.395 e. The molecule has 1 amide bonds. The standard InChI is InChI=1S/C20H20F3N5O2/c1-12(20(21,22)23)14-4-2-13(3-5-14)8-19(30)25-16-10-28(11-17(16)29)18-7-6-15(9-24)26-27-18/h2-7,12,16-17,29H,8,10-11H2,1H3,(H,25,30)/t12?,16-,17-/m0/s1. The lowest BCUT2D eigenvalue weighted by Gasteiger charge is -2.18. The SMILES string of the molecule is CC(c1ccc(CC(=O)N[C@H]2CN(c3ccc(C#N)nn3)C[C@@H]2O)cc1)C(F)(F)F. The number of β-amino-alcohol motifs (C(OH)–C–C–N with tert-alkyl or cyclic N) is 1. The van der Waals surface area contributed by atoms with Crippen molar-refractivity contribution in [1.29, 1.82) is 5.26 Å². The zero-order valence-electron chi connectivity index (χ0n) is 16.1. The number of aromatic nitrogens is 2. The summed E-state index contributed by atoms with van der Waals surface area (Å²) in [6.45, 7) is 1.65. The van der Waals surface area contributed by atoms with E-state index >= 15 is 0 Å². The van der Waals surface area contributed by atoms with Crippen molar-refractivity contribution in [2.24, 2.45) is 0 Å². The summed E-state index contributed by atoms with van der Waals surface area (Å²) in [4.78, 5) is 14.1. The number of hydrogen-bond donors (Lipinski definition) is 2. The predicted molar refractivity (Wildman–Crippen MR) is 102 cm³/mol. The van der Waals surface area contributed by atoms with Crippen LogP contribution in [0.1, 0.15) is 29.7 Å². The average molecular weight is 419 g/mol. The molecule has 158 valence electrons. The number of alkyl halides is 3. The zero-order valence-corrected chi connectivity index (χ0v) is 16.1. The lowest BCUT2D eigenvalue weighted by Crippen LogP contribution is -2.43. The summed E-state index contributed by atoms with van der Waals surface area (Å²) in [5.74, 6) is -1.44. The summed E-state index contributed by atoms with van der Waals surface area (Å²) in [5.41, 5.74) is 0.893. The van der Waals surface area contributed by atoms with E-state index < -0.39 is 24.2 Å². The second-order valence-corrected chi connectivity index (χ2v) is 7.22. The topological polar surface area (TPSA) is 102 Å². The van der Waals surface area contributed by atoms with Gasteiger partial charge < -0.3 is 15.3 Å². The molecular formula is C20H20F3N5O2. The van der Waals surface area contributed by atoms with Crippen LogP contribution in [0.5, 0.6) is 0 Å². The second kappa shape index (κ2) is 8.67. The molecule has 30 heavy (non-hydrogen) atoms. The third kappa shape index (κ3) is 5.04. The fourth-order valence-electron chi connectivity index (χ4n) is 3.23. The number of halogens is 3. The number of nitrogens with zero attached hydrogens (tertiary/aromatic N) is 4. The van der Waals surface area contributed by atoms with Gasteiger partial charge in [0.25, 0.3) is 0 Å². The highest BCUT2D eigenvalue weighted by molar-refractivity contribution is 5.79. The second-order valence-electron chi connectivity index (χ2n) is 7.22. The number of carbonyl (C=O) groups excluding carboxylic acids is 1. The van der Waals surface area contributed by atoms with Crippen LogP contribution in [0.4, 0.5) is 19.0 Å². The molecule has 3 rings (SSSR count). The summed E-state index contributed by atoms with van der Waals surface area (Å²) >= 11 is 0. The van der Waals surface area contributed by atoms with E-state index in [9.17, 15) is 23.1 Å². The van der Waals surface area contributed by atoms with E-state index in [0.717, 1.165) is 6.92 Å². The molecule has 0 aliphatic carbocycles. The minimum atomic E-state index is -4.32. The number of nitriles is 1. The van der Waals surface area contributed by atoms with E-state index in [1.165, 1.54) is 30.3 Å². The molecule has 0 spiro atoms. The maximum absolute atomic E-state index is 12.8. The number of benzene rings is 1. The first-order valence-electron chi connectivity index (χ1n) is 9.29. The van der Waals surface area contributed by atoms with Gasteiger partial charge in [0.2, 0.25) is 5.91 Å². The molecule has 1 fully saturated rings. The first kappa shape index (κ1) is 21.5. The van der Waals surface area contributed by atoms with Crippen molar-refractivity contribution in [2.45, 2.75) is 37.6 Å². The first-order chi connectivity index (χ1) is 14.2. The van der Waals surface area contributed by atoms with Crippen LogP contribution in [0.15, 0.2) is 36.4 Å². The van der Waals surface area contributed by atoms with E-state index in [1.807, 2.05) is 6.07 Å². The van der Waals surface area contributed by atoms with E-state index in [2.05, 4.69) is 15.5 Å². The number of hydrogen-bond acceptors (Lipinski definition) is 6. The van der Waals surface area contributed by atoms with Crippen LogP contribution < -0.4 is 10.2 Å². The van der Waals surface area contributed by atoms with Gasteiger partial charge in [-0.05, 0) is 30.2 Å². The summed E-state index contributed by atoms with van der Waals surface area (Å²) in [6, 6.07) is 10.2. The van der Waals surface area contributed by atoms with Gasteiger partial charge in [-0.15, -0.1) is 10.2 Å². The lowest BCUT2D eigenvalue weighted by molar-refractivity contribution is -0.146. The molecule has 1 aliphatic rings. The molecule has 1 aromatic carbocycles. The van der Waals surface area contributed by atoms with Gasteiger partial charge >= 0.3 is 6.18 Å². The number of aliphatic hydroxyl groups excluding tert-OH is 1. The first-order valence-corrected chi connectivity index (χ1v) is 9.29. The molecule has 3 atom stereocenters. The Morgan fingerprint density at radius 3 is 2.53 bits per heavy atom. The molecule has 1 unspecified atom stereocenters. The minimum absolute atomic E-state index is 0.0133. The van der Waals surface area contributed by atoms with E-state index in [4.69, 9.17) is 5.26 Å². The van der Waals surface area contributed by atoms with Gasteiger partial charge in [-0.25, -0.2) is 0 Å². The molecule has 2 heterocycles. The molecule has 1 saturated heterocycles. The summed E-state index contributed by atoms with van der Waals surface area (Å²) in [6.07, 6.45) is -5.15. The third-order valence-corrected chi connectivity index (χ3v) is 5.06. The molecule has 0 bridgehead atoms. The van der Waals surface area contributed by atoms with Crippen LogP contribution in [0, 0.1) is 11.3 Å². The normalized spacial score (nSPS) is 19.9. The molecule has 0 saturated carbocycles. The predicted octanol–water partition coefficient (Wildman–Crippen LogP) is 1.92. The van der Waals surface area contributed by atoms with E-state index in [1.54, 1.807) is 11.0 Å². The van der Waals surface area contributed by atoms with Crippen molar-refractivity contribution in [3.05, 3.63) is 53.2 Å². The molecular weight excluding hydrogens is 399 g/mol. The van der Waals surface area contributed by atoms with Gasteiger partial charge in [0.1, 0.15) is 6.07 Å². The number of nitrogens with one attached hydrogen (secondary N) is 1. The van der Waals surface area contributed by atoms with Crippen LogP contribution in [0.25, 0.3) is 0 Å². The number of rotatable bonds is 5. The van der Waals surface area contributed by atoms with Crippen molar-refractivity contribution in [2.75, 3.05) is 18.0 Å². The highest BCUT2D eigenvalue weighted by Crippen LogP contribution is 2.34. The Kier molecular flexibility index (Phi) is 6.22. The van der Waals surface area contributed by atoms with Gasteiger partial charge in [-0.2, -0.15) is 18.4 Å². The summed E-state index contributed by atoms with van der Waals surface area (Å²) in [5, 5.41) is 29.5. The Hall–Kier alpha value is -3.19. The van der Waals surface area contributed by atoms with Gasteiger partial charge in [-0.3, -0.25) is 4.79 Å². The Morgan fingerprint density at radius 1 is 1.27 bits per heavy atom. The summed E-state index contributed by atoms with van der Waals surface area (Å²) in [7, 11) is 0. The van der Waals surface area contributed by atoms with E-state index in [-0.39, 0.29) is 30.1 Å². The van der Waals surface area contributed by atoms with Crippen LogP contribution in [0.2, 0.25) is 0 Å². The smallest absolute Gasteiger partial charge is 0.389 e. The zero-order chi connectivity index (χ0) is 21.9. The average Bonchev–Trinajstić information content (AvgIpc) is 3.07. The molecule has 1 aromatic heterocycles. The van der Waals surface area contributed by atoms with Crippen LogP contribution >= 0.6 is 0 Å². The fourth-order valence-corrected chi connectivity index (χ4v) is 3.23. The Labute approximate surface area is 171 Å². The highest BCUT2D eigenvalue weighted by Gasteiger charge is 2.37. The van der Waals surface area contributed by atoms with Crippen molar-refractivity contribution in [1.82, 2.24) is 15.5 Å². The quantitative estimate of drug-likeness (QED) is 0.768. The van der Waals surface area contributed by atoms with E-state index in [0.29, 0.717) is 17.9 Å². The molecule has 2 N–H and O–H groups in total. The Balaban J connectivity index is 1.56. The van der Waals surface area contributed by atoms with Gasteiger partial charge in [-0.1, -0.05) is 24.3 Å². The Morgan fingerprint density at radius 2 is 1.97 bits per heavy atom. The monoisotopic (exact) mass is 419 g/mol. The van der Waals surface area contributed by atoms with Crippen LogP contribution in [0.3, 0.4) is 0 Å². The lowest BCUT2D eigenvalue weighted by atomic mass is 9.98. The Bertz CT molecular complexity index is 925. The molecule has 2 aromatic rings. The number of carbonyl (C=O) groups is 1. The van der Waals surface area contributed by atoms with Crippen LogP contribution in [-0.2, 0) is 11.2 Å². The number of aliphatic hydroxyl groups is 1. The van der Waals surface area contributed by atoms with Gasteiger partial charge in [0.15, 0.2) is 11.5 Å². The summed E-state index contributed by atoms with van der Waals surface area (Å²) < 4.78 is 38.4. The van der Waals surface area contributed by atoms with Crippen molar-refractivity contribution < 1.29 is 23.1 Å². The molecule has 10 heteroatoms. The third-order valence-electron chi connectivity index (χ3n) is 5.06. The maximum atomic E-state index is 12.8. The minimum Gasteiger partial charge on any atom is -0.389 e. The molecule has 7 nitrogen and oxygen atoms in total. The molecule has 0 radical (unpaired) electrons. The highest BCUT2D eigenvalue weighted by atomic mass is 19.4. The van der Waals surface area contributed by atoms with Crippen LogP contribution in [-0.4, -0.2) is 52.6 Å². The molecule has 1 aliphatic heterocycles. The van der Waals surface area contributed by atoms with Gasteiger partial charge in [0.05, 0.1) is 24.5 Å². The fraction of sp³-hybridized carbons (Fsp3) is 0.400. The van der Waals surface area contributed by atoms with Gasteiger partial charge in [0, 0.05) is 13.1 Å².